The van der Waals surface area contributed by atoms with Crippen LogP contribution in [0.1, 0.15) is 18.1 Å². The Morgan fingerprint density at radius 1 is 1.68 bits per heavy atom. The number of carbonyl (C=O) groups excluding carboxylic acids is 1. The second kappa shape index (κ2) is 5.75. The molecule has 0 aliphatic rings. The van der Waals surface area contributed by atoms with Gasteiger partial charge in [-0.25, -0.2) is 14.8 Å². The number of alkyl halides is 1. The predicted molar refractivity (Wildman–Crippen MR) is 77.1 cm³/mol. The van der Waals surface area contributed by atoms with Gasteiger partial charge in [-0.15, -0.1) is 11.6 Å². The molecule has 102 valence electrons. The average Bonchev–Trinajstić information content (AvgIpc) is 2.67. The van der Waals surface area contributed by atoms with E-state index in [1.54, 1.807) is 6.20 Å². The molecule has 0 bridgehead atoms. The molecule has 2 amide bonds. The zero-order chi connectivity index (χ0) is 14.0. The van der Waals surface area contributed by atoms with Crippen LogP contribution < -0.4 is 11.1 Å². The molecule has 0 spiro atoms. The highest BCUT2D eigenvalue weighted by atomic mass is 79.9. The molecule has 1 unspecified atom stereocenters. The van der Waals surface area contributed by atoms with E-state index in [1.807, 2.05) is 17.6 Å². The van der Waals surface area contributed by atoms with Crippen LogP contribution in [0.4, 0.5) is 4.79 Å². The first kappa shape index (κ1) is 14.1. The van der Waals surface area contributed by atoms with E-state index in [4.69, 9.17) is 17.3 Å². The monoisotopic (exact) mass is 345 g/mol. The van der Waals surface area contributed by atoms with Crippen LogP contribution in [0.3, 0.4) is 0 Å². The molecule has 0 aromatic carbocycles. The minimum absolute atomic E-state index is 0.249. The summed E-state index contributed by atoms with van der Waals surface area (Å²) >= 11 is 9.48. The van der Waals surface area contributed by atoms with Crippen molar-refractivity contribution in [2.24, 2.45) is 5.73 Å². The summed E-state index contributed by atoms with van der Waals surface area (Å²) in [6.45, 7) is 2.76. The van der Waals surface area contributed by atoms with Gasteiger partial charge in [0, 0.05) is 23.8 Å². The van der Waals surface area contributed by atoms with Crippen LogP contribution in [-0.2, 0) is 6.54 Å². The number of hydrogen-bond donors (Lipinski definition) is 2. The summed E-state index contributed by atoms with van der Waals surface area (Å²) < 4.78 is 2.74. The van der Waals surface area contributed by atoms with Crippen LogP contribution in [0.2, 0.25) is 0 Å². The number of amides is 2. The number of pyridine rings is 1. The Morgan fingerprint density at radius 3 is 3.05 bits per heavy atom. The maximum Gasteiger partial charge on any atom is 0.312 e. The SMILES string of the molecule is CC(Cl)c1nc2cc(Br)cnc2n1CCNC(N)=O. The molecule has 2 heterocycles. The summed E-state index contributed by atoms with van der Waals surface area (Å²) in [5.74, 6) is 0.716. The molecule has 0 saturated carbocycles. The smallest absolute Gasteiger partial charge is 0.312 e. The fourth-order valence-electron chi connectivity index (χ4n) is 1.82. The van der Waals surface area contributed by atoms with Gasteiger partial charge < -0.3 is 15.6 Å². The Labute approximate surface area is 123 Å². The molecule has 0 saturated heterocycles. The van der Waals surface area contributed by atoms with Crippen molar-refractivity contribution in [2.45, 2.75) is 18.8 Å². The number of urea groups is 1. The minimum Gasteiger partial charge on any atom is -0.352 e. The number of hydrogen-bond acceptors (Lipinski definition) is 3. The van der Waals surface area contributed by atoms with Gasteiger partial charge in [-0.2, -0.15) is 0 Å². The van der Waals surface area contributed by atoms with Gasteiger partial charge >= 0.3 is 6.03 Å². The fraction of sp³-hybridized carbons (Fsp3) is 0.364. The number of nitrogens with zero attached hydrogens (tertiary/aromatic N) is 3. The van der Waals surface area contributed by atoms with E-state index in [9.17, 15) is 4.79 Å². The van der Waals surface area contributed by atoms with E-state index >= 15 is 0 Å². The maximum atomic E-state index is 10.7. The summed E-state index contributed by atoms with van der Waals surface area (Å²) in [7, 11) is 0. The second-order valence-corrected chi connectivity index (χ2v) is 5.60. The van der Waals surface area contributed by atoms with Crippen molar-refractivity contribution in [3.63, 3.8) is 0 Å². The summed E-state index contributed by atoms with van der Waals surface area (Å²) in [5, 5.41) is 2.29. The molecule has 2 aromatic rings. The third-order valence-electron chi connectivity index (χ3n) is 2.57. The van der Waals surface area contributed by atoms with Crippen molar-refractivity contribution in [3.05, 3.63) is 22.6 Å². The number of rotatable bonds is 4. The van der Waals surface area contributed by atoms with Crippen molar-refractivity contribution < 1.29 is 4.79 Å². The van der Waals surface area contributed by atoms with Crippen LogP contribution in [0.15, 0.2) is 16.7 Å². The normalized spacial score (nSPS) is 12.6. The minimum atomic E-state index is -0.555. The van der Waals surface area contributed by atoms with Crippen molar-refractivity contribution >= 4 is 44.7 Å². The Kier molecular flexibility index (Phi) is 4.26. The highest BCUT2D eigenvalue weighted by Gasteiger charge is 2.15. The lowest BCUT2D eigenvalue weighted by molar-refractivity contribution is 0.248. The van der Waals surface area contributed by atoms with Gasteiger partial charge in [-0.3, -0.25) is 0 Å². The third kappa shape index (κ3) is 3.16. The summed E-state index contributed by atoms with van der Waals surface area (Å²) in [6, 6.07) is 1.32. The van der Waals surface area contributed by atoms with E-state index in [1.165, 1.54) is 0 Å². The van der Waals surface area contributed by atoms with Gasteiger partial charge in [0.15, 0.2) is 5.65 Å². The molecular weight excluding hydrogens is 334 g/mol. The largest absolute Gasteiger partial charge is 0.352 e. The van der Waals surface area contributed by atoms with E-state index in [0.29, 0.717) is 18.9 Å². The quantitative estimate of drug-likeness (QED) is 0.832. The molecule has 2 rings (SSSR count). The van der Waals surface area contributed by atoms with Gasteiger partial charge in [0.1, 0.15) is 11.3 Å². The molecule has 1 atom stereocenters. The average molecular weight is 347 g/mol. The second-order valence-electron chi connectivity index (χ2n) is 4.02. The highest BCUT2D eigenvalue weighted by molar-refractivity contribution is 9.10. The van der Waals surface area contributed by atoms with Crippen molar-refractivity contribution in [3.8, 4) is 0 Å². The van der Waals surface area contributed by atoms with E-state index < -0.39 is 6.03 Å². The van der Waals surface area contributed by atoms with Gasteiger partial charge in [0.25, 0.3) is 0 Å². The van der Waals surface area contributed by atoms with Gasteiger partial charge in [0.05, 0.1) is 5.38 Å². The Hall–Kier alpha value is -1.34. The lowest BCUT2D eigenvalue weighted by atomic mass is 10.4. The van der Waals surface area contributed by atoms with Crippen LogP contribution in [0.25, 0.3) is 11.2 Å². The number of nitrogens with two attached hydrogens (primary N) is 1. The number of halogens is 2. The van der Waals surface area contributed by atoms with Crippen LogP contribution in [0, 0.1) is 0 Å². The molecule has 2 aromatic heterocycles. The molecule has 0 aliphatic heterocycles. The number of fused-ring (bicyclic) bond motifs is 1. The number of aromatic nitrogens is 3. The van der Waals surface area contributed by atoms with Crippen LogP contribution in [-0.4, -0.2) is 27.1 Å². The summed E-state index contributed by atoms with van der Waals surface area (Å²) in [5.41, 5.74) is 6.53. The molecule has 8 heteroatoms. The summed E-state index contributed by atoms with van der Waals surface area (Å²) in [4.78, 5) is 19.5. The number of carbonyl (C=O) groups is 1. The molecular formula is C11H13BrClN5O. The lowest BCUT2D eigenvalue weighted by Gasteiger charge is -2.09. The third-order valence-corrected chi connectivity index (χ3v) is 3.20. The number of imidazole rings is 1. The highest BCUT2D eigenvalue weighted by Crippen LogP contribution is 2.24. The zero-order valence-electron chi connectivity index (χ0n) is 10.2. The standard InChI is InChI=1S/C11H13BrClN5O/c1-6(13)9-17-8-4-7(12)5-16-10(8)18(9)3-2-15-11(14)19/h4-6H,2-3H2,1H3,(H3,14,15,19). The van der Waals surface area contributed by atoms with Gasteiger partial charge in [-0.1, -0.05) is 0 Å². The molecule has 19 heavy (non-hydrogen) atoms. The first-order chi connectivity index (χ1) is 8.99. The predicted octanol–water partition coefficient (Wildman–Crippen LogP) is 2.16. The van der Waals surface area contributed by atoms with Gasteiger partial charge in [0.2, 0.25) is 0 Å². The van der Waals surface area contributed by atoms with E-state index in [2.05, 4.69) is 31.2 Å². The Balaban J connectivity index is 2.37. The Bertz CT molecular complexity index is 612. The van der Waals surface area contributed by atoms with Crippen LogP contribution >= 0.6 is 27.5 Å². The Morgan fingerprint density at radius 2 is 2.42 bits per heavy atom. The molecule has 0 fully saturated rings. The summed E-state index contributed by atoms with van der Waals surface area (Å²) in [6.07, 6.45) is 1.70. The molecule has 0 radical (unpaired) electrons. The van der Waals surface area contributed by atoms with Crippen molar-refractivity contribution in [1.29, 1.82) is 0 Å². The number of nitrogens with one attached hydrogen (secondary N) is 1. The lowest BCUT2D eigenvalue weighted by Crippen LogP contribution is -2.32. The van der Waals surface area contributed by atoms with Crippen molar-refractivity contribution in [2.75, 3.05) is 6.54 Å². The zero-order valence-corrected chi connectivity index (χ0v) is 12.6. The van der Waals surface area contributed by atoms with Crippen molar-refractivity contribution in [1.82, 2.24) is 19.9 Å². The van der Waals surface area contributed by atoms with Crippen LogP contribution in [0.5, 0.6) is 0 Å². The molecule has 0 aliphatic carbocycles. The molecule has 3 N–H and O–H groups in total. The fourth-order valence-corrected chi connectivity index (χ4v) is 2.30. The van der Waals surface area contributed by atoms with Gasteiger partial charge in [-0.05, 0) is 28.9 Å². The topological polar surface area (TPSA) is 85.8 Å². The van der Waals surface area contributed by atoms with E-state index in [0.717, 1.165) is 15.6 Å². The van der Waals surface area contributed by atoms with E-state index in [-0.39, 0.29) is 5.38 Å². The number of primary amides is 1. The first-order valence-electron chi connectivity index (χ1n) is 5.68. The maximum absolute atomic E-state index is 10.7. The molecule has 6 nitrogen and oxygen atoms in total. The first-order valence-corrected chi connectivity index (χ1v) is 6.91.